The SMILES string of the molecule is N/C(=C/[N+](=O)[O-])CCc1ccc(C(F)(F)F)cc1. The van der Waals surface area contributed by atoms with Crippen LogP contribution < -0.4 is 5.73 Å². The van der Waals surface area contributed by atoms with E-state index in [1.54, 1.807) is 0 Å². The van der Waals surface area contributed by atoms with Crippen LogP contribution in [-0.4, -0.2) is 4.92 Å². The molecule has 0 aromatic heterocycles. The van der Waals surface area contributed by atoms with Gasteiger partial charge in [-0.1, -0.05) is 12.1 Å². The zero-order chi connectivity index (χ0) is 13.8. The molecule has 1 rings (SSSR count). The van der Waals surface area contributed by atoms with Gasteiger partial charge in [-0.25, -0.2) is 0 Å². The number of hydrogen-bond donors (Lipinski definition) is 1. The smallest absolute Gasteiger partial charge is 0.397 e. The molecule has 2 N–H and O–H groups in total. The minimum Gasteiger partial charge on any atom is -0.397 e. The van der Waals surface area contributed by atoms with Gasteiger partial charge in [0.1, 0.15) is 0 Å². The molecule has 0 unspecified atom stereocenters. The van der Waals surface area contributed by atoms with Gasteiger partial charge in [-0.05, 0) is 30.5 Å². The predicted molar refractivity (Wildman–Crippen MR) is 59.0 cm³/mol. The number of halogens is 3. The molecule has 0 saturated heterocycles. The minimum absolute atomic E-state index is 0.0832. The Labute approximate surface area is 101 Å². The van der Waals surface area contributed by atoms with E-state index in [9.17, 15) is 23.3 Å². The van der Waals surface area contributed by atoms with Gasteiger partial charge in [-0.2, -0.15) is 13.2 Å². The molecular formula is C11H11F3N2O2. The van der Waals surface area contributed by atoms with Crippen molar-refractivity contribution in [2.45, 2.75) is 19.0 Å². The lowest BCUT2D eigenvalue weighted by Crippen LogP contribution is -2.05. The normalized spacial score (nSPS) is 12.5. The van der Waals surface area contributed by atoms with Crippen molar-refractivity contribution in [2.24, 2.45) is 5.73 Å². The van der Waals surface area contributed by atoms with Gasteiger partial charge in [0.15, 0.2) is 0 Å². The van der Waals surface area contributed by atoms with E-state index in [2.05, 4.69) is 0 Å². The molecule has 7 heteroatoms. The lowest BCUT2D eigenvalue weighted by atomic mass is 10.1. The van der Waals surface area contributed by atoms with Crippen molar-refractivity contribution in [1.82, 2.24) is 0 Å². The number of alkyl halides is 3. The highest BCUT2D eigenvalue weighted by molar-refractivity contribution is 5.25. The van der Waals surface area contributed by atoms with Crippen molar-refractivity contribution >= 4 is 0 Å². The number of hydrogen-bond acceptors (Lipinski definition) is 3. The third kappa shape index (κ3) is 4.44. The number of allylic oxidation sites excluding steroid dienone is 1. The van der Waals surface area contributed by atoms with Crippen LogP contribution in [0.15, 0.2) is 36.2 Å². The predicted octanol–water partition coefficient (Wildman–Crippen LogP) is 2.71. The fourth-order valence-electron chi connectivity index (χ4n) is 1.35. The molecule has 1 aromatic carbocycles. The molecule has 18 heavy (non-hydrogen) atoms. The monoisotopic (exact) mass is 260 g/mol. The minimum atomic E-state index is -4.36. The van der Waals surface area contributed by atoms with Gasteiger partial charge in [0, 0.05) is 0 Å². The van der Waals surface area contributed by atoms with Crippen molar-refractivity contribution in [1.29, 1.82) is 0 Å². The topological polar surface area (TPSA) is 69.2 Å². The first-order valence-corrected chi connectivity index (χ1v) is 5.05. The lowest BCUT2D eigenvalue weighted by molar-refractivity contribution is -0.403. The van der Waals surface area contributed by atoms with E-state index >= 15 is 0 Å². The van der Waals surface area contributed by atoms with Crippen LogP contribution >= 0.6 is 0 Å². The van der Waals surface area contributed by atoms with Gasteiger partial charge in [-0.15, -0.1) is 0 Å². The fourth-order valence-corrected chi connectivity index (χ4v) is 1.35. The summed E-state index contributed by atoms with van der Waals surface area (Å²) in [6.07, 6.45) is -3.09. The number of rotatable bonds is 4. The maximum absolute atomic E-state index is 12.3. The van der Waals surface area contributed by atoms with Crippen LogP contribution in [0.1, 0.15) is 17.5 Å². The van der Waals surface area contributed by atoms with E-state index in [1.807, 2.05) is 0 Å². The summed E-state index contributed by atoms with van der Waals surface area (Å²) in [6.45, 7) is 0. The number of nitrogens with two attached hydrogens (primary N) is 1. The zero-order valence-electron chi connectivity index (χ0n) is 9.28. The molecule has 0 aliphatic heterocycles. The Morgan fingerprint density at radius 2 is 1.89 bits per heavy atom. The third-order valence-electron chi connectivity index (χ3n) is 2.25. The van der Waals surface area contributed by atoms with E-state index in [0.717, 1.165) is 12.1 Å². The molecule has 0 atom stereocenters. The molecule has 0 amide bonds. The fraction of sp³-hybridized carbons (Fsp3) is 0.273. The van der Waals surface area contributed by atoms with Gasteiger partial charge < -0.3 is 5.73 Å². The van der Waals surface area contributed by atoms with Crippen molar-refractivity contribution in [3.05, 3.63) is 57.4 Å². The van der Waals surface area contributed by atoms with Crippen LogP contribution in [0, 0.1) is 10.1 Å². The van der Waals surface area contributed by atoms with E-state index in [-0.39, 0.29) is 12.1 Å². The summed E-state index contributed by atoms with van der Waals surface area (Å²) in [7, 11) is 0. The second-order valence-electron chi connectivity index (χ2n) is 3.68. The standard InChI is InChI=1S/C11H11F3N2O2/c12-11(13,14)9-4-1-8(2-5-9)3-6-10(15)7-16(17)18/h1-2,4-5,7H,3,6,15H2/b10-7+. The Kier molecular flexibility index (Phi) is 4.30. The third-order valence-corrected chi connectivity index (χ3v) is 2.25. The summed E-state index contributed by atoms with van der Waals surface area (Å²) in [4.78, 5) is 9.44. The second-order valence-corrected chi connectivity index (χ2v) is 3.68. The van der Waals surface area contributed by atoms with Crippen LogP contribution in [-0.2, 0) is 12.6 Å². The number of nitro groups is 1. The molecule has 0 spiro atoms. The number of benzene rings is 1. The van der Waals surface area contributed by atoms with Crippen LogP contribution in [0.4, 0.5) is 13.2 Å². The molecule has 0 radical (unpaired) electrons. The van der Waals surface area contributed by atoms with Crippen LogP contribution in [0.3, 0.4) is 0 Å². The van der Waals surface area contributed by atoms with Crippen LogP contribution in [0.25, 0.3) is 0 Å². The maximum atomic E-state index is 12.3. The largest absolute Gasteiger partial charge is 0.416 e. The van der Waals surface area contributed by atoms with E-state index in [1.165, 1.54) is 12.1 Å². The highest BCUT2D eigenvalue weighted by atomic mass is 19.4. The zero-order valence-corrected chi connectivity index (χ0v) is 9.28. The van der Waals surface area contributed by atoms with Crippen molar-refractivity contribution < 1.29 is 18.1 Å². The van der Waals surface area contributed by atoms with E-state index in [4.69, 9.17) is 5.73 Å². The van der Waals surface area contributed by atoms with Gasteiger partial charge in [0.2, 0.25) is 0 Å². The molecule has 98 valence electrons. The molecule has 0 saturated carbocycles. The summed E-state index contributed by atoms with van der Waals surface area (Å²) in [6, 6.07) is 4.62. The Hall–Kier alpha value is -2.05. The summed E-state index contributed by atoms with van der Waals surface area (Å²) < 4.78 is 36.8. The van der Waals surface area contributed by atoms with Crippen molar-refractivity contribution in [3.8, 4) is 0 Å². The molecule has 4 nitrogen and oxygen atoms in total. The number of aryl methyl sites for hydroxylation is 1. The Balaban J connectivity index is 2.63. The van der Waals surface area contributed by atoms with Gasteiger partial charge >= 0.3 is 6.18 Å². The molecule has 0 bridgehead atoms. The van der Waals surface area contributed by atoms with Gasteiger partial charge in [0.05, 0.1) is 16.2 Å². The van der Waals surface area contributed by atoms with Crippen LogP contribution in [0.5, 0.6) is 0 Å². The maximum Gasteiger partial charge on any atom is 0.416 e. The van der Waals surface area contributed by atoms with Crippen LogP contribution in [0.2, 0.25) is 0 Å². The summed E-state index contributed by atoms with van der Waals surface area (Å²) in [5.41, 5.74) is 5.36. The average molecular weight is 260 g/mol. The molecular weight excluding hydrogens is 249 g/mol. The summed E-state index contributed by atoms with van der Waals surface area (Å²) in [5.74, 6) is 0. The molecule has 1 aromatic rings. The average Bonchev–Trinajstić information content (AvgIpc) is 2.25. The summed E-state index contributed by atoms with van der Waals surface area (Å²) >= 11 is 0. The summed E-state index contributed by atoms with van der Waals surface area (Å²) in [5, 5.41) is 10.1. The Morgan fingerprint density at radius 3 is 2.33 bits per heavy atom. The van der Waals surface area contributed by atoms with Crippen molar-refractivity contribution in [2.75, 3.05) is 0 Å². The van der Waals surface area contributed by atoms with E-state index in [0.29, 0.717) is 18.2 Å². The Bertz CT molecular complexity index is 452. The Morgan fingerprint density at radius 1 is 1.33 bits per heavy atom. The lowest BCUT2D eigenvalue weighted by Gasteiger charge is -2.07. The highest BCUT2D eigenvalue weighted by Crippen LogP contribution is 2.29. The molecule has 0 fully saturated rings. The molecule has 0 aliphatic carbocycles. The molecule has 0 aliphatic rings. The number of nitrogens with zero attached hydrogens (tertiary/aromatic N) is 1. The van der Waals surface area contributed by atoms with Gasteiger partial charge in [0.25, 0.3) is 6.20 Å². The van der Waals surface area contributed by atoms with Crippen molar-refractivity contribution in [3.63, 3.8) is 0 Å². The van der Waals surface area contributed by atoms with E-state index < -0.39 is 16.7 Å². The first-order chi connectivity index (χ1) is 8.29. The highest BCUT2D eigenvalue weighted by Gasteiger charge is 2.29. The first-order valence-electron chi connectivity index (χ1n) is 5.05. The molecule has 0 heterocycles. The quantitative estimate of drug-likeness (QED) is 0.668. The second kappa shape index (κ2) is 5.52. The first kappa shape index (κ1) is 14.0. The van der Waals surface area contributed by atoms with Gasteiger partial charge in [-0.3, -0.25) is 10.1 Å².